The first-order chi connectivity index (χ1) is 9.99. The minimum absolute atomic E-state index is 0.291. The third kappa shape index (κ3) is 3.59. The Balaban J connectivity index is 2.13. The topological polar surface area (TPSA) is 121 Å². The van der Waals surface area contributed by atoms with E-state index in [1.54, 1.807) is 6.20 Å². The Morgan fingerprint density at radius 3 is 2.90 bits per heavy atom. The molecule has 0 saturated carbocycles. The smallest absolute Gasteiger partial charge is 0.246 e. The third-order valence-electron chi connectivity index (χ3n) is 3.52. The number of nitrogens with one attached hydrogen (secondary N) is 2. The highest BCUT2D eigenvalue weighted by molar-refractivity contribution is 5.91. The van der Waals surface area contributed by atoms with Crippen LogP contribution >= 0.6 is 0 Å². The van der Waals surface area contributed by atoms with Crippen molar-refractivity contribution in [3.63, 3.8) is 0 Å². The van der Waals surface area contributed by atoms with Crippen molar-refractivity contribution in [2.75, 3.05) is 6.54 Å². The van der Waals surface area contributed by atoms with Crippen LogP contribution in [0.15, 0.2) is 12.5 Å². The zero-order chi connectivity index (χ0) is 15.4. The monoisotopic (exact) mass is 293 g/mol. The molecule has 3 amide bonds. The summed E-state index contributed by atoms with van der Waals surface area (Å²) in [6, 6.07) is -1.32. The molecule has 1 saturated heterocycles. The van der Waals surface area contributed by atoms with E-state index in [9.17, 15) is 14.4 Å². The summed E-state index contributed by atoms with van der Waals surface area (Å²) in [7, 11) is 0. The van der Waals surface area contributed by atoms with Gasteiger partial charge >= 0.3 is 0 Å². The number of hydrogen-bond acceptors (Lipinski definition) is 4. The Morgan fingerprint density at radius 1 is 1.57 bits per heavy atom. The van der Waals surface area contributed by atoms with Crippen molar-refractivity contribution < 1.29 is 14.4 Å². The van der Waals surface area contributed by atoms with E-state index in [1.165, 1.54) is 18.2 Å². The number of hydrogen-bond donors (Lipinski definition) is 3. The summed E-state index contributed by atoms with van der Waals surface area (Å²) < 4.78 is 0. The molecule has 0 aliphatic carbocycles. The summed E-state index contributed by atoms with van der Waals surface area (Å²) in [5, 5.41) is 2.62. The molecule has 0 unspecified atom stereocenters. The van der Waals surface area contributed by atoms with Gasteiger partial charge < -0.3 is 20.9 Å². The van der Waals surface area contributed by atoms with E-state index in [0.717, 1.165) is 12.1 Å². The van der Waals surface area contributed by atoms with Crippen LogP contribution in [0.4, 0.5) is 0 Å². The minimum atomic E-state index is -0.733. The van der Waals surface area contributed by atoms with Gasteiger partial charge in [-0.3, -0.25) is 14.4 Å². The van der Waals surface area contributed by atoms with Crippen LogP contribution in [0, 0.1) is 0 Å². The molecule has 1 fully saturated rings. The Labute approximate surface area is 122 Å². The Hall–Kier alpha value is -2.38. The van der Waals surface area contributed by atoms with E-state index in [-0.39, 0.29) is 11.8 Å². The fourth-order valence-corrected chi connectivity index (χ4v) is 2.59. The molecular formula is C13H19N5O3. The average Bonchev–Trinajstić information content (AvgIpc) is 3.07. The van der Waals surface area contributed by atoms with Gasteiger partial charge in [-0.1, -0.05) is 0 Å². The number of H-pyrrole nitrogens is 1. The quantitative estimate of drug-likeness (QED) is 0.640. The standard InChI is InChI=1S/C13H19N5O3/c1-8(19)17-10(5-9-6-15-7-16-9)13(21)18-4-2-3-11(18)12(14)20/h6-7,10-11H,2-5H2,1H3,(H2,14,20)(H,15,16)(H,17,19)/t10-,11+/m0/s1. The van der Waals surface area contributed by atoms with Crippen LogP contribution in [0.5, 0.6) is 0 Å². The second-order valence-corrected chi connectivity index (χ2v) is 5.13. The number of aromatic amines is 1. The number of rotatable bonds is 5. The normalized spacial score (nSPS) is 19.3. The second-order valence-electron chi connectivity index (χ2n) is 5.13. The zero-order valence-corrected chi connectivity index (χ0v) is 11.8. The number of imidazole rings is 1. The molecule has 2 atom stereocenters. The summed E-state index contributed by atoms with van der Waals surface area (Å²) in [5.41, 5.74) is 6.06. The predicted octanol–water partition coefficient (Wildman–Crippen LogP) is -1.07. The maximum atomic E-state index is 12.6. The largest absolute Gasteiger partial charge is 0.368 e. The van der Waals surface area contributed by atoms with Crippen LogP contribution in [0.1, 0.15) is 25.5 Å². The molecule has 2 rings (SSSR count). The van der Waals surface area contributed by atoms with Gasteiger partial charge in [-0.2, -0.15) is 0 Å². The minimum Gasteiger partial charge on any atom is -0.368 e. The Bertz CT molecular complexity index is 528. The highest BCUT2D eigenvalue weighted by atomic mass is 16.2. The highest BCUT2D eigenvalue weighted by Crippen LogP contribution is 2.18. The molecule has 0 spiro atoms. The van der Waals surface area contributed by atoms with Gasteiger partial charge in [0.2, 0.25) is 17.7 Å². The third-order valence-corrected chi connectivity index (χ3v) is 3.52. The van der Waals surface area contributed by atoms with E-state index >= 15 is 0 Å². The number of primary amides is 1. The lowest BCUT2D eigenvalue weighted by Gasteiger charge is -2.27. The van der Waals surface area contributed by atoms with Crippen LogP contribution in [-0.4, -0.2) is 51.2 Å². The van der Waals surface area contributed by atoms with Crippen LogP contribution in [0.3, 0.4) is 0 Å². The molecule has 2 heterocycles. The van der Waals surface area contributed by atoms with E-state index < -0.39 is 18.0 Å². The molecule has 1 aliphatic heterocycles. The van der Waals surface area contributed by atoms with Crippen molar-refractivity contribution in [2.45, 2.75) is 38.3 Å². The van der Waals surface area contributed by atoms with Crippen molar-refractivity contribution in [3.8, 4) is 0 Å². The Kier molecular flexibility index (Phi) is 4.56. The van der Waals surface area contributed by atoms with Gasteiger partial charge in [-0.05, 0) is 12.8 Å². The predicted molar refractivity (Wildman–Crippen MR) is 73.8 cm³/mol. The molecule has 4 N–H and O–H groups in total. The van der Waals surface area contributed by atoms with Crippen molar-refractivity contribution in [1.82, 2.24) is 20.2 Å². The molecule has 1 aromatic rings. The molecule has 1 aromatic heterocycles. The van der Waals surface area contributed by atoms with Gasteiger partial charge in [0.1, 0.15) is 12.1 Å². The molecule has 0 radical (unpaired) electrons. The fourth-order valence-electron chi connectivity index (χ4n) is 2.59. The zero-order valence-electron chi connectivity index (χ0n) is 11.8. The van der Waals surface area contributed by atoms with Gasteiger partial charge in [0, 0.05) is 31.8 Å². The van der Waals surface area contributed by atoms with Crippen LogP contribution in [-0.2, 0) is 20.8 Å². The van der Waals surface area contributed by atoms with Gasteiger partial charge in [0.25, 0.3) is 0 Å². The molecule has 8 nitrogen and oxygen atoms in total. The molecule has 114 valence electrons. The molecular weight excluding hydrogens is 274 g/mol. The van der Waals surface area contributed by atoms with Crippen molar-refractivity contribution in [1.29, 1.82) is 0 Å². The average molecular weight is 293 g/mol. The number of nitrogens with zero attached hydrogens (tertiary/aromatic N) is 2. The molecule has 1 aliphatic rings. The van der Waals surface area contributed by atoms with Gasteiger partial charge in [0.15, 0.2) is 0 Å². The first-order valence-corrected chi connectivity index (χ1v) is 6.83. The number of amides is 3. The lowest BCUT2D eigenvalue weighted by atomic mass is 10.1. The summed E-state index contributed by atoms with van der Waals surface area (Å²) in [4.78, 5) is 43.6. The maximum absolute atomic E-state index is 12.6. The number of likely N-dealkylation sites (tertiary alicyclic amines) is 1. The fraction of sp³-hybridized carbons (Fsp3) is 0.538. The van der Waals surface area contributed by atoms with Gasteiger partial charge in [0.05, 0.1) is 6.33 Å². The number of carbonyl (C=O) groups is 3. The summed E-state index contributed by atoms with van der Waals surface area (Å²) in [6.07, 6.45) is 4.69. The van der Waals surface area contributed by atoms with Crippen LogP contribution in [0.25, 0.3) is 0 Å². The lowest BCUT2D eigenvalue weighted by molar-refractivity contribution is -0.140. The van der Waals surface area contributed by atoms with Crippen LogP contribution < -0.4 is 11.1 Å². The van der Waals surface area contributed by atoms with E-state index in [0.29, 0.717) is 19.4 Å². The van der Waals surface area contributed by atoms with Crippen molar-refractivity contribution in [2.24, 2.45) is 5.73 Å². The van der Waals surface area contributed by atoms with E-state index in [4.69, 9.17) is 5.73 Å². The van der Waals surface area contributed by atoms with Crippen LogP contribution in [0.2, 0.25) is 0 Å². The highest BCUT2D eigenvalue weighted by Gasteiger charge is 2.36. The number of aromatic nitrogens is 2. The van der Waals surface area contributed by atoms with Crippen molar-refractivity contribution in [3.05, 3.63) is 18.2 Å². The number of carbonyl (C=O) groups excluding carboxylic acids is 3. The first kappa shape index (κ1) is 15.0. The Morgan fingerprint density at radius 2 is 2.33 bits per heavy atom. The van der Waals surface area contributed by atoms with E-state index in [2.05, 4.69) is 15.3 Å². The summed E-state index contributed by atoms with van der Waals surface area (Å²) >= 11 is 0. The van der Waals surface area contributed by atoms with Gasteiger partial charge in [-0.15, -0.1) is 0 Å². The molecule has 8 heteroatoms. The summed E-state index contributed by atoms with van der Waals surface area (Å²) in [5.74, 6) is -1.10. The second kappa shape index (κ2) is 6.38. The molecule has 21 heavy (non-hydrogen) atoms. The van der Waals surface area contributed by atoms with Crippen molar-refractivity contribution >= 4 is 17.7 Å². The molecule has 0 aromatic carbocycles. The summed E-state index contributed by atoms with van der Waals surface area (Å²) in [6.45, 7) is 1.83. The van der Waals surface area contributed by atoms with E-state index in [1.807, 2.05) is 0 Å². The van der Waals surface area contributed by atoms with Gasteiger partial charge in [-0.25, -0.2) is 4.98 Å². The maximum Gasteiger partial charge on any atom is 0.246 e. The molecule has 0 bridgehead atoms. The lowest BCUT2D eigenvalue weighted by Crippen LogP contribution is -2.53. The number of nitrogens with two attached hydrogens (primary N) is 1. The SMILES string of the molecule is CC(=O)N[C@@H](Cc1cnc[nH]1)C(=O)N1CCC[C@@H]1C(N)=O. The first-order valence-electron chi connectivity index (χ1n) is 6.83.